The summed E-state index contributed by atoms with van der Waals surface area (Å²) in [5.41, 5.74) is 0. The standard InChI is InChI=1S/C7H11F3O/c1-3-4-6(11)5(2)7(8,9)10/h5H,3-4H2,1-2H3. The van der Waals surface area contributed by atoms with Gasteiger partial charge in [0.25, 0.3) is 0 Å². The van der Waals surface area contributed by atoms with E-state index in [9.17, 15) is 18.0 Å². The van der Waals surface area contributed by atoms with Crippen molar-refractivity contribution in [3.63, 3.8) is 0 Å². The molecule has 0 aliphatic heterocycles. The number of rotatable bonds is 3. The maximum absolute atomic E-state index is 11.8. The Bertz CT molecular complexity index is 139. The van der Waals surface area contributed by atoms with E-state index in [1.165, 1.54) is 0 Å². The summed E-state index contributed by atoms with van der Waals surface area (Å²) in [4.78, 5) is 10.7. The highest BCUT2D eigenvalue weighted by molar-refractivity contribution is 5.81. The maximum Gasteiger partial charge on any atom is 0.398 e. The topological polar surface area (TPSA) is 17.1 Å². The van der Waals surface area contributed by atoms with Crippen molar-refractivity contribution in [2.24, 2.45) is 5.92 Å². The van der Waals surface area contributed by atoms with Gasteiger partial charge in [0.15, 0.2) is 0 Å². The fraction of sp³-hybridized carbons (Fsp3) is 0.857. The number of carbonyl (C=O) groups is 1. The molecule has 0 aromatic carbocycles. The molecule has 66 valence electrons. The SMILES string of the molecule is CCCC(=O)C(C)C(F)(F)F. The lowest BCUT2D eigenvalue weighted by molar-refractivity contribution is -0.177. The first-order valence-corrected chi connectivity index (χ1v) is 3.49. The average molecular weight is 168 g/mol. The summed E-state index contributed by atoms with van der Waals surface area (Å²) in [7, 11) is 0. The molecule has 0 amide bonds. The first-order valence-electron chi connectivity index (χ1n) is 3.49. The quantitative estimate of drug-likeness (QED) is 0.632. The van der Waals surface area contributed by atoms with Crippen molar-refractivity contribution in [1.29, 1.82) is 0 Å². The normalized spacial score (nSPS) is 14.6. The van der Waals surface area contributed by atoms with E-state index in [1.54, 1.807) is 6.92 Å². The molecule has 0 aliphatic carbocycles. The molecule has 0 heterocycles. The number of hydrogen-bond donors (Lipinski definition) is 0. The van der Waals surface area contributed by atoms with Gasteiger partial charge < -0.3 is 0 Å². The van der Waals surface area contributed by atoms with Crippen molar-refractivity contribution in [1.82, 2.24) is 0 Å². The van der Waals surface area contributed by atoms with E-state index >= 15 is 0 Å². The largest absolute Gasteiger partial charge is 0.398 e. The second-order valence-electron chi connectivity index (χ2n) is 2.48. The van der Waals surface area contributed by atoms with Crippen molar-refractivity contribution in [3.8, 4) is 0 Å². The minimum absolute atomic E-state index is 0.0146. The number of carbonyl (C=O) groups excluding carboxylic acids is 1. The number of Topliss-reactive ketones (excluding diaryl/α,β-unsaturated/α-hetero) is 1. The fourth-order valence-electron chi connectivity index (χ4n) is 0.645. The summed E-state index contributed by atoms with van der Waals surface area (Å²) in [6.07, 6.45) is -3.88. The van der Waals surface area contributed by atoms with E-state index < -0.39 is 17.9 Å². The molecule has 0 fully saturated rings. The molecule has 11 heavy (non-hydrogen) atoms. The van der Waals surface area contributed by atoms with Gasteiger partial charge in [-0.2, -0.15) is 13.2 Å². The summed E-state index contributed by atoms with van der Waals surface area (Å²) in [6.45, 7) is 2.58. The second kappa shape index (κ2) is 3.74. The predicted molar refractivity (Wildman–Crippen MR) is 35.1 cm³/mol. The Balaban J connectivity index is 4.03. The maximum atomic E-state index is 11.8. The van der Waals surface area contributed by atoms with Crippen LogP contribution in [-0.2, 0) is 4.79 Å². The van der Waals surface area contributed by atoms with E-state index in [0.717, 1.165) is 6.92 Å². The van der Waals surface area contributed by atoms with Crippen LogP contribution in [0.2, 0.25) is 0 Å². The molecule has 0 rings (SSSR count). The third-order valence-corrected chi connectivity index (χ3v) is 1.47. The molecule has 1 atom stereocenters. The summed E-state index contributed by atoms with van der Waals surface area (Å²) >= 11 is 0. The highest BCUT2D eigenvalue weighted by Crippen LogP contribution is 2.27. The molecule has 0 bridgehead atoms. The second-order valence-corrected chi connectivity index (χ2v) is 2.48. The molecule has 0 saturated heterocycles. The number of alkyl halides is 3. The number of hydrogen-bond acceptors (Lipinski definition) is 1. The predicted octanol–water partition coefficient (Wildman–Crippen LogP) is 2.55. The Morgan fingerprint density at radius 3 is 2.18 bits per heavy atom. The van der Waals surface area contributed by atoms with Crippen LogP contribution >= 0.6 is 0 Å². The Morgan fingerprint density at radius 2 is 1.91 bits per heavy atom. The number of ketones is 1. The smallest absolute Gasteiger partial charge is 0.299 e. The van der Waals surface area contributed by atoms with Crippen LogP contribution in [0.3, 0.4) is 0 Å². The third kappa shape index (κ3) is 3.39. The van der Waals surface area contributed by atoms with Crippen LogP contribution in [0.25, 0.3) is 0 Å². The Hall–Kier alpha value is -0.540. The summed E-state index contributed by atoms with van der Waals surface area (Å²) in [5, 5.41) is 0. The van der Waals surface area contributed by atoms with Crippen LogP contribution in [0, 0.1) is 5.92 Å². The highest BCUT2D eigenvalue weighted by Gasteiger charge is 2.40. The van der Waals surface area contributed by atoms with Crippen molar-refractivity contribution in [2.45, 2.75) is 32.9 Å². The zero-order valence-corrected chi connectivity index (χ0v) is 6.53. The first-order chi connectivity index (χ1) is 4.89. The first kappa shape index (κ1) is 10.5. The van der Waals surface area contributed by atoms with Crippen molar-refractivity contribution >= 4 is 5.78 Å². The number of halogens is 3. The molecular weight excluding hydrogens is 157 g/mol. The Kier molecular flexibility index (Phi) is 3.55. The van der Waals surface area contributed by atoms with Gasteiger partial charge in [-0.1, -0.05) is 6.92 Å². The molecule has 0 aliphatic rings. The van der Waals surface area contributed by atoms with Gasteiger partial charge in [0, 0.05) is 6.42 Å². The average Bonchev–Trinajstić information content (AvgIpc) is 1.85. The molecule has 0 spiro atoms. The summed E-state index contributed by atoms with van der Waals surface area (Å²) < 4.78 is 35.4. The van der Waals surface area contributed by atoms with Gasteiger partial charge in [-0.3, -0.25) is 4.79 Å². The van der Waals surface area contributed by atoms with Gasteiger partial charge in [-0.25, -0.2) is 0 Å². The molecule has 0 aromatic heterocycles. The summed E-state index contributed by atoms with van der Waals surface area (Å²) in [6, 6.07) is 0. The van der Waals surface area contributed by atoms with E-state index in [0.29, 0.717) is 6.42 Å². The fourth-order valence-corrected chi connectivity index (χ4v) is 0.645. The van der Waals surface area contributed by atoms with Crippen LogP contribution in [-0.4, -0.2) is 12.0 Å². The Labute approximate surface area is 63.6 Å². The van der Waals surface area contributed by atoms with Crippen LogP contribution in [0.4, 0.5) is 13.2 Å². The zero-order valence-electron chi connectivity index (χ0n) is 6.53. The molecule has 0 saturated carbocycles. The lowest BCUT2D eigenvalue weighted by Gasteiger charge is -2.13. The van der Waals surface area contributed by atoms with E-state index in [4.69, 9.17) is 0 Å². The minimum Gasteiger partial charge on any atom is -0.299 e. The van der Waals surface area contributed by atoms with Crippen LogP contribution < -0.4 is 0 Å². The highest BCUT2D eigenvalue weighted by atomic mass is 19.4. The van der Waals surface area contributed by atoms with Crippen LogP contribution in [0.5, 0.6) is 0 Å². The molecular formula is C7H11F3O. The van der Waals surface area contributed by atoms with E-state index in [1.807, 2.05) is 0 Å². The van der Waals surface area contributed by atoms with Gasteiger partial charge in [-0.05, 0) is 13.3 Å². The zero-order chi connectivity index (χ0) is 9.07. The van der Waals surface area contributed by atoms with Gasteiger partial charge in [0.1, 0.15) is 11.7 Å². The van der Waals surface area contributed by atoms with Gasteiger partial charge in [0.05, 0.1) is 0 Å². The van der Waals surface area contributed by atoms with Crippen molar-refractivity contribution < 1.29 is 18.0 Å². The van der Waals surface area contributed by atoms with Gasteiger partial charge in [0.2, 0.25) is 0 Å². The molecule has 0 aromatic rings. The molecule has 0 N–H and O–H groups in total. The van der Waals surface area contributed by atoms with Crippen molar-refractivity contribution in [3.05, 3.63) is 0 Å². The van der Waals surface area contributed by atoms with Crippen LogP contribution in [0.1, 0.15) is 26.7 Å². The van der Waals surface area contributed by atoms with E-state index in [-0.39, 0.29) is 6.42 Å². The minimum atomic E-state index is -4.37. The Morgan fingerprint density at radius 1 is 1.45 bits per heavy atom. The lowest BCUT2D eigenvalue weighted by atomic mass is 10.0. The van der Waals surface area contributed by atoms with Gasteiger partial charge >= 0.3 is 6.18 Å². The lowest BCUT2D eigenvalue weighted by Crippen LogP contribution is -2.27. The van der Waals surface area contributed by atoms with E-state index in [2.05, 4.69) is 0 Å². The molecule has 0 radical (unpaired) electrons. The molecule has 1 unspecified atom stereocenters. The van der Waals surface area contributed by atoms with Gasteiger partial charge in [-0.15, -0.1) is 0 Å². The van der Waals surface area contributed by atoms with Crippen LogP contribution in [0.15, 0.2) is 0 Å². The van der Waals surface area contributed by atoms with Crippen molar-refractivity contribution in [2.75, 3.05) is 0 Å². The third-order valence-electron chi connectivity index (χ3n) is 1.47. The summed E-state index contributed by atoms with van der Waals surface area (Å²) in [5.74, 6) is -2.53. The molecule has 1 nitrogen and oxygen atoms in total. The molecule has 4 heteroatoms. The monoisotopic (exact) mass is 168 g/mol.